The molecule has 1 aliphatic rings. The number of amides is 1. The first-order valence-electron chi connectivity index (χ1n) is 7.60. The zero-order valence-corrected chi connectivity index (χ0v) is 13.4. The number of allylic oxidation sites excluding steroid dienone is 3. The Morgan fingerprint density at radius 2 is 2.24 bits per heavy atom. The van der Waals surface area contributed by atoms with Crippen LogP contribution in [0.3, 0.4) is 0 Å². The predicted octanol–water partition coefficient (Wildman–Crippen LogP) is 3.21. The molecule has 0 aliphatic carbocycles. The Balaban J connectivity index is 1.64. The normalized spacial score (nSPS) is 17.8. The SMILES string of the molecule is C/C=C/C=C/C(=O)NCC1CCN(Cc2cccs2)CC1. The Labute approximate surface area is 131 Å². The van der Waals surface area contributed by atoms with E-state index in [1.165, 1.54) is 17.7 Å². The van der Waals surface area contributed by atoms with Gasteiger partial charge in [0.15, 0.2) is 0 Å². The molecule has 1 aliphatic heterocycles. The summed E-state index contributed by atoms with van der Waals surface area (Å²) in [6.45, 7) is 6.07. The number of carbonyl (C=O) groups is 1. The number of piperidine rings is 1. The smallest absolute Gasteiger partial charge is 0.243 e. The van der Waals surface area contributed by atoms with Gasteiger partial charge in [-0.15, -0.1) is 11.3 Å². The molecule has 0 bridgehead atoms. The molecule has 0 unspecified atom stereocenters. The predicted molar refractivity (Wildman–Crippen MR) is 89.3 cm³/mol. The number of carbonyl (C=O) groups excluding carboxylic acids is 1. The number of nitrogens with one attached hydrogen (secondary N) is 1. The van der Waals surface area contributed by atoms with Gasteiger partial charge >= 0.3 is 0 Å². The van der Waals surface area contributed by atoms with Gasteiger partial charge in [0.2, 0.25) is 5.91 Å². The van der Waals surface area contributed by atoms with Crippen LogP contribution >= 0.6 is 11.3 Å². The second kappa shape index (κ2) is 8.80. The molecule has 1 amide bonds. The number of rotatable bonds is 6. The minimum atomic E-state index is 0.00844. The third kappa shape index (κ3) is 5.86. The Morgan fingerprint density at radius 1 is 1.43 bits per heavy atom. The number of thiophene rings is 1. The first-order valence-corrected chi connectivity index (χ1v) is 8.48. The summed E-state index contributed by atoms with van der Waals surface area (Å²) in [6, 6.07) is 4.32. The number of likely N-dealkylation sites (tertiary alicyclic amines) is 1. The van der Waals surface area contributed by atoms with E-state index >= 15 is 0 Å². The summed E-state index contributed by atoms with van der Waals surface area (Å²) in [5.74, 6) is 0.623. The summed E-state index contributed by atoms with van der Waals surface area (Å²) in [5, 5.41) is 5.13. The zero-order valence-electron chi connectivity index (χ0n) is 12.6. The summed E-state index contributed by atoms with van der Waals surface area (Å²) in [7, 11) is 0. The Hall–Kier alpha value is -1.39. The van der Waals surface area contributed by atoms with Crippen molar-refractivity contribution in [3.8, 4) is 0 Å². The monoisotopic (exact) mass is 304 g/mol. The van der Waals surface area contributed by atoms with Crippen molar-refractivity contribution in [3.63, 3.8) is 0 Å². The molecule has 3 nitrogen and oxygen atoms in total. The standard InChI is InChI=1S/C17H24N2OS/c1-2-3-4-7-17(20)18-13-15-8-10-19(11-9-15)14-16-6-5-12-21-16/h2-7,12,15H,8-11,13-14H2,1H3,(H,18,20)/b3-2+,7-4+. The van der Waals surface area contributed by atoms with Gasteiger partial charge in [-0.3, -0.25) is 9.69 Å². The highest BCUT2D eigenvalue weighted by molar-refractivity contribution is 7.09. The van der Waals surface area contributed by atoms with Gasteiger partial charge in [-0.2, -0.15) is 0 Å². The molecule has 114 valence electrons. The third-order valence-corrected chi connectivity index (χ3v) is 4.64. The molecule has 2 heterocycles. The Bertz CT molecular complexity index is 471. The van der Waals surface area contributed by atoms with Crippen LogP contribution in [0.2, 0.25) is 0 Å². The first-order chi connectivity index (χ1) is 10.3. The maximum Gasteiger partial charge on any atom is 0.243 e. The van der Waals surface area contributed by atoms with Crippen LogP contribution in [-0.2, 0) is 11.3 Å². The lowest BCUT2D eigenvalue weighted by atomic mass is 9.97. The van der Waals surface area contributed by atoms with E-state index < -0.39 is 0 Å². The van der Waals surface area contributed by atoms with Crippen LogP contribution in [0.15, 0.2) is 41.8 Å². The van der Waals surface area contributed by atoms with Crippen molar-refractivity contribution in [2.45, 2.75) is 26.3 Å². The average Bonchev–Trinajstić information content (AvgIpc) is 3.00. The molecular formula is C17H24N2OS. The van der Waals surface area contributed by atoms with Crippen molar-refractivity contribution < 1.29 is 4.79 Å². The third-order valence-electron chi connectivity index (χ3n) is 3.78. The van der Waals surface area contributed by atoms with Gasteiger partial charge in [0, 0.05) is 24.0 Å². The first kappa shape index (κ1) is 16.0. The van der Waals surface area contributed by atoms with E-state index in [4.69, 9.17) is 0 Å². The lowest BCUT2D eigenvalue weighted by molar-refractivity contribution is -0.116. The molecule has 1 N–H and O–H groups in total. The molecule has 0 radical (unpaired) electrons. The quantitative estimate of drug-likeness (QED) is 0.646. The van der Waals surface area contributed by atoms with E-state index in [9.17, 15) is 4.79 Å². The van der Waals surface area contributed by atoms with E-state index in [1.54, 1.807) is 12.2 Å². The van der Waals surface area contributed by atoms with Crippen LogP contribution < -0.4 is 5.32 Å². The van der Waals surface area contributed by atoms with E-state index in [0.717, 1.165) is 26.2 Å². The Kier molecular flexibility index (Phi) is 6.70. The fourth-order valence-electron chi connectivity index (χ4n) is 2.53. The Morgan fingerprint density at radius 3 is 2.90 bits per heavy atom. The molecule has 1 saturated heterocycles. The fourth-order valence-corrected chi connectivity index (χ4v) is 3.28. The number of hydrogen-bond donors (Lipinski definition) is 1. The van der Waals surface area contributed by atoms with Crippen molar-refractivity contribution in [3.05, 3.63) is 46.7 Å². The van der Waals surface area contributed by atoms with Gasteiger partial charge in [-0.1, -0.05) is 24.3 Å². The second-order valence-corrected chi connectivity index (χ2v) is 6.46. The van der Waals surface area contributed by atoms with Crippen molar-refractivity contribution in [2.24, 2.45) is 5.92 Å². The van der Waals surface area contributed by atoms with Crippen LogP contribution in [0.5, 0.6) is 0 Å². The lowest BCUT2D eigenvalue weighted by Gasteiger charge is -2.31. The molecule has 1 fully saturated rings. The zero-order chi connectivity index (χ0) is 14.9. The van der Waals surface area contributed by atoms with Crippen molar-refractivity contribution in [2.75, 3.05) is 19.6 Å². The molecule has 1 aromatic rings. The van der Waals surface area contributed by atoms with Gasteiger partial charge < -0.3 is 5.32 Å². The van der Waals surface area contributed by atoms with Gasteiger partial charge in [-0.25, -0.2) is 0 Å². The molecule has 0 atom stereocenters. The van der Waals surface area contributed by atoms with Crippen molar-refractivity contribution in [1.29, 1.82) is 0 Å². The molecule has 0 saturated carbocycles. The van der Waals surface area contributed by atoms with Gasteiger partial charge in [0.1, 0.15) is 0 Å². The lowest BCUT2D eigenvalue weighted by Crippen LogP contribution is -2.37. The summed E-state index contributed by atoms with van der Waals surface area (Å²) < 4.78 is 0. The summed E-state index contributed by atoms with van der Waals surface area (Å²) >= 11 is 1.83. The van der Waals surface area contributed by atoms with E-state index in [-0.39, 0.29) is 5.91 Å². The minimum Gasteiger partial charge on any atom is -0.352 e. The van der Waals surface area contributed by atoms with Crippen LogP contribution in [0, 0.1) is 5.92 Å². The summed E-state index contributed by atoms with van der Waals surface area (Å²) in [5.41, 5.74) is 0. The molecule has 0 spiro atoms. The van der Waals surface area contributed by atoms with Gasteiger partial charge in [-0.05, 0) is 50.2 Å². The molecule has 2 rings (SSSR count). The summed E-state index contributed by atoms with van der Waals surface area (Å²) in [6.07, 6.45) is 9.48. The highest BCUT2D eigenvalue weighted by Crippen LogP contribution is 2.20. The van der Waals surface area contributed by atoms with E-state index in [2.05, 4.69) is 27.7 Å². The van der Waals surface area contributed by atoms with Gasteiger partial charge in [0.25, 0.3) is 0 Å². The van der Waals surface area contributed by atoms with E-state index in [0.29, 0.717) is 5.92 Å². The van der Waals surface area contributed by atoms with Crippen LogP contribution in [0.25, 0.3) is 0 Å². The highest BCUT2D eigenvalue weighted by Gasteiger charge is 2.19. The summed E-state index contributed by atoms with van der Waals surface area (Å²) in [4.78, 5) is 15.5. The van der Waals surface area contributed by atoms with Crippen molar-refractivity contribution >= 4 is 17.2 Å². The largest absolute Gasteiger partial charge is 0.352 e. The number of nitrogens with zero attached hydrogens (tertiary/aromatic N) is 1. The second-order valence-electron chi connectivity index (χ2n) is 5.43. The highest BCUT2D eigenvalue weighted by atomic mass is 32.1. The maximum atomic E-state index is 11.6. The fraction of sp³-hybridized carbons (Fsp3) is 0.471. The minimum absolute atomic E-state index is 0.00844. The van der Waals surface area contributed by atoms with Crippen molar-refractivity contribution in [1.82, 2.24) is 10.2 Å². The molecule has 1 aromatic heterocycles. The van der Waals surface area contributed by atoms with Crippen LogP contribution in [-0.4, -0.2) is 30.4 Å². The maximum absolute atomic E-state index is 11.6. The van der Waals surface area contributed by atoms with Crippen LogP contribution in [0.1, 0.15) is 24.6 Å². The molecule has 21 heavy (non-hydrogen) atoms. The molecule has 0 aromatic carbocycles. The average molecular weight is 304 g/mol. The molecular weight excluding hydrogens is 280 g/mol. The molecule has 4 heteroatoms. The van der Waals surface area contributed by atoms with Gasteiger partial charge in [0.05, 0.1) is 0 Å². The topological polar surface area (TPSA) is 32.3 Å². The number of hydrogen-bond acceptors (Lipinski definition) is 3. The van der Waals surface area contributed by atoms with E-state index in [1.807, 2.05) is 30.4 Å². The van der Waals surface area contributed by atoms with Crippen LogP contribution in [0.4, 0.5) is 0 Å².